The standard InChI is InChI=1S/C19H17ClN4O3/c1-26-16-7-6-14(9-17(16)27-2)24-19(25)15-10-18(22-11-21-15)23-13-5-3-4-12(20)8-13/h3-11H,1-2H3,(H,24,25)(H,21,22,23). The Morgan fingerprint density at radius 2 is 1.78 bits per heavy atom. The molecule has 0 saturated heterocycles. The van der Waals surface area contributed by atoms with Crippen molar-refractivity contribution in [2.75, 3.05) is 24.9 Å². The zero-order chi connectivity index (χ0) is 19.2. The first-order chi connectivity index (χ1) is 13.1. The summed E-state index contributed by atoms with van der Waals surface area (Å²) in [5, 5.41) is 6.45. The van der Waals surface area contributed by atoms with Gasteiger partial charge in [-0.2, -0.15) is 0 Å². The van der Waals surface area contributed by atoms with Crippen LogP contribution < -0.4 is 20.1 Å². The molecule has 0 aliphatic carbocycles. The fraction of sp³-hybridized carbons (Fsp3) is 0.105. The van der Waals surface area contributed by atoms with Crippen LogP contribution in [0.15, 0.2) is 54.9 Å². The first-order valence-electron chi connectivity index (χ1n) is 7.97. The lowest BCUT2D eigenvalue weighted by molar-refractivity contribution is 0.102. The summed E-state index contributed by atoms with van der Waals surface area (Å²) in [6.07, 6.45) is 1.32. The van der Waals surface area contributed by atoms with Crippen LogP contribution in [0.25, 0.3) is 0 Å². The molecule has 3 aromatic rings. The highest BCUT2D eigenvalue weighted by Gasteiger charge is 2.11. The van der Waals surface area contributed by atoms with E-state index in [1.54, 1.807) is 43.5 Å². The second-order valence-electron chi connectivity index (χ2n) is 5.45. The van der Waals surface area contributed by atoms with Crippen molar-refractivity contribution < 1.29 is 14.3 Å². The second-order valence-corrected chi connectivity index (χ2v) is 5.88. The van der Waals surface area contributed by atoms with E-state index in [0.717, 1.165) is 5.69 Å². The van der Waals surface area contributed by atoms with Crippen LogP contribution in [0.5, 0.6) is 11.5 Å². The van der Waals surface area contributed by atoms with Crippen LogP contribution in [0.4, 0.5) is 17.2 Å². The van der Waals surface area contributed by atoms with Gasteiger partial charge in [0.2, 0.25) is 0 Å². The number of nitrogens with one attached hydrogen (secondary N) is 2. The summed E-state index contributed by atoms with van der Waals surface area (Å²) in [6.45, 7) is 0. The molecule has 138 valence electrons. The van der Waals surface area contributed by atoms with Gasteiger partial charge in [0, 0.05) is 28.5 Å². The van der Waals surface area contributed by atoms with Crippen molar-refractivity contribution in [1.29, 1.82) is 0 Å². The average Bonchev–Trinajstić information content (AvgIpc) is 2.68. The largest absolute Gasteiger partial charge is 0.493 e. The second kappa shape index (κ2) is 8.37. The topological polar surface area (TPSA) is 85.4 Å². The van der Waals surface area contributed by atoms with Gasteiger partial charge in [-0.05, 0) is 30.3 Å². The van der Waals surface area contributed by atoms with Gasteiger partial charge in [0.05, 0.1) is 14.2 Å². The number of nitrogens with zero attached hydrogens (tertiary/aromatic N) is 2. The summed E-state index contributed by atoms with van der Waals surface area (Å²) in [5.74, 6) is 1.19. The van der Waals surface area contributed by atoms with E-state index in [4.69, 9.17) is 21.1 Å². The average molecular weight is 385 g/mol. The number of carbonyl (C=O) groups is 1. The van der Waals surface area contributed by atoms with Crippen LogP contribution in [-0.4, -0.2) is 30.1 Å². The highest BCUT2D eigenvalue weighted by molar-refractivity contribution is 6.30. The summed E-state index contributed by atoms with van der Waals surface area (Å²) in [4.78, 5) is 20.7. The molecular weight excluding hydrogens is 368 g/mol. The number of rotatable bonds is 6. The molecule has 2 aromatic carbocycles. The lowest BCUT2D eigenvalue weighted by Crippen LogP contribution is -2.14. The molecule has 0 fully saturated rings. The highest BCUT2D eigenvalue weighted by Crippen LogP contribution is 2.30. The predicted octanol–water partition coefficient (Wildman–Crippen LogP) is 4.14. The molecule has 3 rings (SSSR count). The first kappa shape index (κ1) is 18.5. The summed E-state index contributed by atoms with van der Waals surface area (Å²) in [5.41, 5.74) is 1.53. The van der Waals surface area contributed by atoms with Gasteiger partial charge in [-0.3, -0.25) is 4.79 Å². The zero-order valence-corrected chi connectivity index (χ0v) is 15.4. The summed E-state index contributed by atoms with van der Waals surface area (Å²) < 4.78 is 10.4. The Bertz CT molecular complexity index is 965. The van der Waals surface area contributed by atoms with E-state index in [9.17, 15) is 4.79 Å². The Morgan fingerprint density at radius 1 is 0.963 bits per heavy atom. The number of anilines is 3. The van der Waals surface area contributed by atoms with Crippen LogP contribution in [0, 0.1) is 0 Å². The smallest absolute Gasteiger partial charge is 0.274 e. The molecule has 2 N–H and O–H groups in total. The third kappa shape index (κ3) is 4.65. The Hall–Kier alpha value is -3.32. The molecule has 0 atom stereocenters. The quantitative estimate of drug-likeness (QED) is 0.664. The number of hydrogen-bond acceptors (Lipinski definition) is 6. The molecule has 0 spiro atoms. The van der Waals surface area contributed by atoms with Gasteiger partial charge in [-0.25, -0.2) is 9.97 Å². The minimum Gasteiger partial charge on any atom is -0.493 e. The van der Waals surface area contributed by atoms with Gasteiger partial charge in [0.25, 0.3) is 5.91 Å². The summed E-state index contributed by atoms with van der Waals surface area (Å²) in [7, 11) is 3.08. The maximum Gasteiger partial charge on any atom is 0.274 e. The monoisotopic (exact) mass is 384 g/mol. The lowest BCUT2D eigenvalue weighted by atomic mass is 10.2. The Kier molecular flexibility index (Phi) is 5.73. The number of amides is 1. The minimum atomic E-state index is -0.376. The molecule has 0 aliphatic rings. The molecule has 0 radical (unpaired) electrons. The van der Waals surface area contributed by atoms with Gasteiger partial charge >= 0.3 is 0 Å². The van der Waals surface area contributed by atoms with Gasteiger partial charge in [-0.1, -0.05) is 17.7 Å². The van der Waals surface area contributed by atoms with Gasteiger partial charge in [0.1, 0.15) is 17.8 Å². The molecule has 1 aromatic heterocycles. The summed E-state index contributed by atoms with van der Waals surface area (Å²) in [6, 6.07) is 13.8. The third-order valence-corrected chi connectivity index (χ3v) is 3.87. The van der Waals surface area contributed by atoms with Gasteiger partial charge in [0.15, 0.2) is 11.5 Å². The number of halogens is 1. The number of benzene rings is 2. The van der Waals surface area contributed by atoms with Crippen LogP contribution >= 0.6 is 11.6 Å². The van der Waals surface area contributed by atoms with E-state index in [2.05, 4.69) is 20.6 Å². The fourth-order valence-corrected chi connectivity index (χ4v) is 2.56. The molecule has 0 unspecified atom stereocenters. The predicted molar refractivity (Wildman–Crippen MR) is 104 cm³/mol. The van der Waals surface area contributed by atoms with Crippen LogP contribution in [0.2, 0.25) is 5.02 Å². The molecule has 0 saturated carbocycles. The lowest BCUT2D eigenvalue weighted by Gasteiger charge is -2.11. The van der Waals surface area contributed by atoms with Gasteiger partial charge in [-0.15, -0.1) is 0 Å². The van der Waals surface area contributed by atoms with Crippen LogP contribution in [0.3, 0.4) is 0 Å². The fourth-order valence-electron chi connectivity index (χ4n) is 2.37. The molecule has 0 aliphatic heterocycles. The Morgan fingerprint density at radius 3 is 2.52 bits per heavy atom. The molecule has 27 heavy (non-hydrogen) atoms. The Labute approximate surface area is 161 Å². The summed E-state index contributed by atoms with van der Waals surface area (Å²) >= 11 is 5.97. The SMILES string of the molecule is COc1ccc(NC(=O)c2cc(Nc3cccc(Cl)c3)ncn2)cc1OC. The van der Waals surface area contributed by atoms with Crippen molar-refractivity contribution in [3.8, 4) is 11.5 Å². The molecule has 0 bridgehead atoms. The number of hydrogen-bond donors (Lipinski definition) is 2. The van der Waals surface area contributed by atoms with Gasteiger partial charge < -0.3 is 20.1 Å². The number of ether oxygens (including phenoxy) is 2. The molecule has 1 heterocycles. The minimum absolute atomic E-state index is 0.212. The third-order valence-electron chi connectivity index (χ3n) is 3.64. The zero-order valence-electron chi connectivity index (χ0n) is 14.7. The molecular formula is C19H17ClN4O3. The molecule has 1 amide bonds. The van der Waals surface area contributed by atoms with E-state index in [0.29, 0.717) is 28.0 Å². The maximum absolute atomic E-state index is 12.5. The number of aromatic nitrogens is 2. The van der Waals surface area contributed by atoms with Crippen molar-refractivity contribution in [3.05, 3.63) is 65.6 Å². The van der Waals surface area contributed by atoms with Crippen molar-refractivity contribution in [2.24, 2.45) is 0 Å². The van der Waals surface area contributed by atoms with Crippen molar-refractivity contribution >= 4 is 34.7 Å². The van der Waals surface area contributed by atoms with Crippen LogP contribution in [-0.2, 0) is 0 Å². The number of methoxy groups -OCH3 is 2. The van der Waals surface area contributed by atoms with Crippen molar-refractivity contribution in [3.63, 3.8) is 0 Å². The van der Waals surface area contributed by atoms with Crippen molar-refractivity contribution in [1.82, 2.24) is 9.97 Å². The first-order valence-corrected chi connectivity index (χ1v) is 8.35. The molecule has 7 nitrogen and oxygen atoms in total. The van der Waals surface area contributed by atoms with E-state index < -0.39 is 0 Å². The van der Waals surface area contributed by atoms with E-state index in [1.807, 2.05) is 12.1 Å². The van der Waals surface area contributed by atoms with E-state index >= 15 is 0 Å². The number of carbonyl (C=O) groups excluding carboxylic acids is 1. The maximum atomic E-state index is 12.5. The highest BCUT2D eigenvalue weighted by atomic mass is 35.5. The van der Waals surface area contributed by atoms with Crippen LogP contribution in [0.1, 0.15) is 10.5 Å². The Balaban J connectivity index is 1.75. The van der Waals surface area contributed by atoms with Crippen molar-refractivity contribution in [2.45, 2.75) is 0 Å². The van der Waals surface area contributed by atoms with E-state index in [-0.39, 0.29) is 11.6 Å². The molecule has 8 heteroatoms. The van der Waals surface area contributed by atoms with E-state index in [1.165, 1.54) is 13.4 Å². The normalized spacial score (nSPS) is 10.2.